The molecule has 0 radical (unpaired) electrons. The van der Waals surface area contributed by atoms with Gasteiger partial charge in [-0.25, -0.2) is 4.79 Å². The quantitative estimate of drug-likeness (QED) is 0.909. The highest BCUT2D eigenvalue weighted by atomic mass is 16.6. The van der Waals surface area contributed by atoms with E-state index in [0.717, 1.165) is 17.7 Å². The largest absolute Gasteiger partial charge is 0.497 e. The van der Waals surface area contributed by atoms with Gasteiger partial charge in [0.25, 0.3) is 0 Å². The molecule has 1 aromatic rings. The second kappa shape index (κ2) is 6.79. The van der Waals surface area contributed by atoms with E-state index < -0.39 is 5.60 Å². The molecule has 1 fully saturated rings. The van der Waals surface area contributed by atoms with Gasteiger partial charge in [-0.3, -0.25) is 0 Å². The Morgan fingerprint density at radius 1 is 1.35 bits per heavy atom. The molecule has 23 heavy (non-hydrogen) atoms. The molecule has 1 aliphatic heterocycles. The van der Waals surface area contributed by atoms with Crippen molar-refractivity contribution in [3.63, 3.8) is 0 Å². The fourth-order valence-corrected chi connectivity index (χ4v) is 3.08. The normalized spacial score (nSPS) is 25.1. The van der Waals surface area contributed by atoms with E-state index >= 15 is 0 Å². The topological polar surface area (TPSA) is 64.8 Å². The van der Waals surface area contributed by atoms with Crippen molar-refractivity contribution < 1.29 is 14.3 Å². The third-order valence-corrected chi connectivity index (χ3v) is 4.21. The van der Waals surface area contributed by atoms with E-state index in [9.17, 15) is 4.79 Å². The van der Waals surface area contributed by atoms with E-state index in [1.807, 2.05) is 39.0 Å². The predicted molar refractivity (Wildman–Crippen MR) is 90.7 cm³/mol. The van der Waals surface area contributed by atoms with Gasteiger partial charge in [0.15, 0.2) is 0 Å². The molecule has 1 aliphatic rings. The maximum absolute atomic E-state index is 12.5. The van der Waals surface area contributed by atoms with Crippen LogP contribution in [0, 0.1) is 0 Å². The minimum absolute atomic E-state index is 0.0248. The Bertz CT molecular complexity index is 553. The van der Waals surface area contributed by atoms with Crippen molar-refractivity contribution >= 4 is 6.09 Å². The lowest BCUT2D eigenvalue weighted by Gasteiger charge is -2.42. The van der Waals surface area contributed by atoms with Crippen molar-refractivity contribution in [3.8, 4) is 5.75 Å². The highest BCUT2D eigenvalue weighted by Gasteiger charge is 2.37. The van der Waals surface area contributed by atoms with Crippen LogP contribution in [0.1, 0.15) is 45.6 Å². The Morgan fingerprint density at radius 2 is 2.04 bits per heavy atom. The number of ether oxygens (including phenoxy) is 2. The first-order chi connectivity index (χ1) is 10.7. The third kappa shape index (κ3) is 4.38. The van der Waals surface area contributed by atoms with Crippen LogP contribution < -0.4 is 10.5 Å². The summed E-state index contributed by atoms with van der Waals surface area (Å²) >= 11 is 0. The summed E-state index contributed by atoms with van der Waals surface area (Å²) in [5.41, 5.74) is 6.84. The molecule has 0 spiro atoms. The number of rotatable bonds is 2. The fraction of sp³-hybridized carbons (Fsp3) is 0.611. The molecule has 1 heterocycles. The molecule has 1 aromatic carbocycles. The molecule has 2 rings (SSSR count). The van der Waals surface area contributed by atoms with Gasteiger partial charge in [0.2, 0.25) is 0 Å². The molecule has 128 valence electrons. The van der Waals surface area contributed by atoms with Crippen LogP contribution in [-0.4, -0.2) is 42.3 Å². The summed E-state index contributed by atoms with van der Waals surface area (Å²) in [4.78, 5) is 14.2. The van der Waals surface area contributed by atoms with Crippen LogP contribution >= 0.6 is 0 Å². The summed E-state index contributed by atoms with van der Waals surface area (Å²) < 4.78 is 10.8. The standard InChI is InChI=1S/C18H28N2O3/c1-12-16(13-7-6-8-15(9-13)22-5)10-14(19)11-20(12)17(21)23-18(2,3)4/h6-9,12,14,16H,10-11,19H2,1-5H3. The first-order valence-corrected chi connectivity index (χ1v) is 8.10. The number of benzene rings is 1. The number of likely N-dealkylation sites (tertiary alicyclic amines) is 1. The second-order valence-electron chi connectivity index (χ2n) is 7.25. The molecule has 2 N–H and O–H groups in total. The zero-order valence-corrected chi connectivity index (χ0v) is 14.7. The average molecular weight is 320 g/mol. The van der Waals surface area contributed by atoms with Crippen molar-refractivity contribution in [2.24, 2.45) is 5.73 Å². The maximum Gasteiger partial charge on any atom is 0.410 e. The van der Waals surface area contributed by atoms with Gasteiger partial charge in [0.1, 0.15) is 11.4 Å². The molecular weight excluding hydrogens is 292 g/mol. The van der Waals surface area contributed by atoms with E-state index in [0.29, 0.717) is 6.54 Å². The number of hydrogen-bond donors (Lipinski definition) is 1. The SMILES string of the molecule is COc1cccc(C2CC(N)CN(C(=O)OC(C)(C)C)C2C)c1. The van der Waals surface area contributed by atoms with Gasteiger partial charge in [-0.05, 0) is 51.8 Å². The molecule has 0 aliphatic carbocycles. The van der Waals surface area contributed by atoms with E-state index in [1.54, 1.807) is 12.0 Å². The zero-order valence-electron chi connectivity index (χ0n) is 14.7. The van der Waals surface area contributed by atoms with Gasteiger partial charge >= 0.3 is 6.09 Å². The van der Waals surface area contributed by atoms with Gasteiger partial charge in [-0.1, -0.05) is 12.1 Å². The summed E-state index contributed by atoms with van der Waals surface area (Å²) in [5, 5.41) is 0. The van der Waals surface area contributed by atoms with Crippen LogP contribution in [0.15, 0.2) is 24.3 Å². The number of nitrogens with two attached hydrogens (primary N) is 1. The molecule has 3 unspecified atom stereocenters. The van der Waals surface area contributed by atoms with Crippen molar-refractivity contribution in [1.82, 2.24) is 4.90 Å². The summed E-state index contributed by atoms with van der Waals surface area (Å²) in [6.45, 7) is 8.20. The predicted octanol–water partition coefficient (Wildman–Crippen LogP) is 3.14. The maximum atomic E-state index is 12.5. The first-order valence-electron chi connectivity index (χ1n) is 8.10. The summed E-state index contributed by atoms with van der Waals surface area (Å²) in [6.07, 6.45) is 0.543. The molecule has 1 amide bonds. The van der Waals surface area contributed by atoms with Crippen molar-refractivity contribution in [2.45, 2.75) is 57.7 Å². The van der Waals surface area contributed by atoms with Crippen LogP contribution in [0.5, 0.6) is 5.75 Å². The number of carbonyl (C=O) groups is 1. The molecule has 0 aromatic heterocycles. The number of nitrogens with zero attached hydrogens (tertiary/aromatic N) is 1. The Hall–Kier alpha value is -1.75. The molecule has 0 bridgehead atoms. The van der Waals surface area contributed by atoms with E-state index in [4.69, 9.17) is 15.2 Å². The lowest BCUT2D eigenvalue weighted by atomic mass is 9.82. The lowest BCUT2D eigenvalue weighted by molar-refractivity contribution is 0.00654. The molecule has 5 heteroatoms. The Balaban J connectivity index is 2.22. The second-order valence-corrected chi connectivity index (χ2v) is 7.25. The minimum atomic E-state index is -0.510. The minimum Gasteiger partial charge on any atom is -0.497 e. The van der Waals surface area contributed by atoms with Gasteiger partial charge in [0, 0.05) is 24.5 Å². The Labute approximate surface area is 138 Å². The van der Waals surface area contributed by atoms with Crippen LogP contribution in [0.25, 0.3) is 0 Å². The third-order valence-electron chi connectivity index (χ3n) is 4.21. The van der Waals surface area contributed by atoms with Crippen LogP contribution in [0.4, 0.5) is 4.79 Å². The van der Waals surface area contributed by atoms with Crippen molar-refractivity contribution in [2.75, 3.05) is 13.7 Å². The number of methoxy groups -OCH3 is 1. The number of piperidine rings is 1. The molecule has 1 saturated heterocycles. The van der Waals surface area contributed by atoms with Gasteiger partial charge in [-0.2, -0.15) is 0 Å². The Kier molecular flexibility index (Phi) is 5.19. The summed E-state index contributed by atoms with van der Waals surface area (Å²) in [6, 6.07) is 7.94. The lowest BCUT2D eigenvalue weighted by Crippen LogP contribution is -2.54. The first kappa shape index (κ1) is 17.6. The van der Waals surface area contributed by atoms with Crippen molar-refractivity contribution in [1.29, 1.82) is 0 Å². The fourth-order valence-electron chi connectivity index (χ4n) is 3.08. The molecule has 5 nitrogen and oxygen atoms in total. The van der Waals surface area contributed by atoms with Crippen LogP contribution in [0.3, 0.4) is 0 Å². The molecular formula is C18H28N2O3. The van der Waals surface area contributed by atoms with Crippen LogP contribution in [0.2, 0.25) is 0 Å². The van der Waals surface area contributed by atoms with E-state index in [-0.39, 0.29) is 24.1 Å². The number of amides is 1. The van der Waals surface area contributed by atoms with Gasteiger partial charge < -0.3 is 20.1 Å². The van der Waals surface area contributed by atoms with E-state index in [2.05, 4.69) is 13.0 Å². The Morgan fingerprint density at radius 3 is 2.65 bits per heavy atom. The molecule has 3 atom stereocenters. The van der Waals surface area contributed by atoms with Gasteiger partial charge in [-0.15, -0.1) is 0 Å². The number of carbonyl (C=O) groups excluding carboxylic acids is 1. The highest BCUT2D eigenvalue weighted by molar-refractivity contribution is 5.69. The van der Waals surface area contributed by atoms with Crippen LogP contribution in [-0.2, 0) is 4.74 Å². The monoisotopic (exact) mass is 320 g/mol. The van der Waals surface area contributed by atoms with Crippen molar-refractivity contribution in [3.05, 3.63) is 29.8 Å². The number of hydrogen-bond acceptors (Lipinski definition) is 4. The molecule has 0 saturated carbocycles. The smallest absolute Gasteiger partial charge is 0.410 e. The zero-order chi connectivity index (χ0) is 17.2. The highest BCUT2D eigenvalue weighted by Crippen LogP contribution is 2.34. The van der Waals surface area contributed by atoms with Gasteiger partial charge in [0.05, 0.1) is 7.11 Å². The average Bonchev–Trinajstić information content (AvgIpc) is 2.47. The summed E-state index contributed by atoms with van der Waals surface area (Å²) in [7, 11) is 1.65. The summed E-state index contributed by atoms with van der Waals surface area (Å²) in [5.74, 6) is 0.985. The van der Waals surface area contributed by atoms with E-state index in [1.165, 1.54) is 0 Å².